The number of carbonyl (C=O) groups excluding carboxylic acids is 1. The maximum atomic E-state index is 13.0. The van der Waals surface area contributed by atoms with Crippen LogP contribution in [0.25, 0.3) is 0 Å². The fraction of sp³-hybridized carbons (Fsp3) is 0.562. The number of carbonyl (C=O) groups is 1. The lowest BCUT2D eigenvalue weighted by atomic mass is 10.2. The Morgan fingerprint density at radius 2 is 2.09 bits per heavy atom. The third kappa shape index (κ3) is 4.68. The molecule has 22 heavy (non-hydrogen) atoms. The van der Waals surface area contributed by atoms with Gasteiger partial charge in [0.05, 0.1) is 4.47 Å². The molecule has 1 aliphatic heterocycles. The number of ether oxygens (including phenoxy) is 1. The van der Waals surface area contributed by atoms with E-state index in [1.807, 2.05) is 0 Å². The number of rotatable bonds is 6. The number of benzene rings is 1. The van der Waals surface area contributed by atoms with Crippen LogP contribution in [-0.2, 0) is 4.79 Å². The number of hydrogen-bond donors (Lipinski definition) is 1. The third-order valence-corrected chi connectivity index (χ3v) is 4.52. The molecule has 1 amide bonds. The number of nitrogens with zero attached hydrogens (tertiary/aromatic N) is 1. The minimum Gasteiger partial charge on any atom is -0.480 e. The quantitative estimate of drug-likeness (QED) is 0.834. The molecule has 1 aromatic carbocycles. The van der Waals surface area contributed by atoms with Gasteiger partial charge in [0.1, 0.15) is 11.6 Å². The maximum Gasteiger partial charge on any atom is 0.260 e. The fourth-order valence-corrected chi connectivity index (χ4v) is 2.96. The van der Waals surface area contributed by atoms with Crippen molar-refractivity contribution in [3.63, 3.8) is 0 Å². The van der Waals surface area contributed by atoms with Crippen LogP contribution < -0.4 is 10.1 Å². The highest BCUT2D eigenvalue weighted by Crippen LogP contribution is 2.26. The van der Waals surface area contributed by atoms with Gasteiger partial charge in [-0.2, -0.15) is 0 Å². The SMILES string of the molecule is C[C@@H](Oc1ccc(F)cc1Br)C(=O)NC[C@H](C)N1CCCC1. The third-order valence-electron chi connectivity index (χ3n) is 3.90. The first-order valence-electron chi connectivity index (χ1n) is 7.61. The zero-order valence-corrected chi connectivity index (χ0v) is 14.5. The van der Waals surface area contributed by atoms with E-state index in [0.717, 1.165) is 13.1 Å². The molecule has 122 valence electrons. The Labute approximate surface area is 139 Å². The fourth-order valence-electron chi connectivity index (χ4n) is 2.52. The summed E-state index contributed by atoms with van der Waals surface area (Å²) in [4.78, 5) is 14.5. The Hall–Kier alpha value is -1.14. The van der Waals surface area contributed by atoms with Gasteiger partial charge in [0.25, 0.3) is 5.91 Å². The second kappa shape index (κ2) is 7.92. The number of hydrogen-bond acceptors (Lipinski definition) is 3. The molecule has 1 fully saturated rings. The molecule has 4 nitrogen and oxygen atoms in total. The highest BCUT2D eigenvalue weighted by atomic mass is 79.9. The van der Waals surface area contributed by atoms with Crippen LogP contribution in [0.3, 0.4) is 0 Å². The first kappa shape index (κ1) is 17.2. The van der Waals surface area contributed by atoms with E-state index < -0.39 is 6.10 Å². The molecule has 2 atom stereocenters. The zero-order valence-electron chi connectivity index (χ0n) is 12.9. The van der Waals surface area contributed by atoms with Gasteiger partial charge in [-0.15, -0.1) is 0 Å². The van der Waals surface area contributed by atoms with Crippen molar-refractivity contribution in [3.05, 3.63) is 28.5 Å². The van der Waals surface area contributed by atoms with Crippen LogP contribution in [-0.4, -0.2) is 42.6 Å². The Bertz CT molecular complexity index is 521. The predicted molar refractivity (Wildman–Crippen MR) is 87.5 cm³/mol. The van der Waals surface area contributed by atoms with E-state index in [1.54, 1.807) is 6.92 Å². The topological polar surface area (TPSA) is 41.6 Å². The van der Waals surface area contributed by atoms with Gasteiger partial charge < -0.3 is 10.1 Å². The minimum atomic E-state index is -0.632. The molecule has 0 aliphatic carbocycles. The van der Waals surface area contributed by atoms with E-state index in [1.165, 1.54) is 31.0 Å². The summed E-state index contributed by atoms with van der Waals surface area (Å²) >= 11 is 3.23. The molecule has 1 aliphatic rings. The van der Waals surface area contributed by atoms with Crippen molar-refractivity contribution < 1.29 is 13.9 Å². The van der Waals surface area contributed by atoms with Crippen molar-refractivity contribution in [2.24, 2.45) is 0 Å². The van der Waals surface area contributed by atoms with Gasteiger partial charge in [0.2, 0.25) is 0 Å². The van der Waals surface area contributed by atoms with Crippen molar-refractivity contribution in [2.75, 3.05) is 19.6 Å². The summed E-state index contributed by atoms with van der Waals surface area (Å²) < 4.78 is 19.1. The van der Waals surface area contributed by atoms with Crippen LogP contribution in [0.2, 0.25) is 0 Å². The molecule has 0 aromatic heterocycles. The van der Waals surface area contributed by atoms with Gasteiger partial charge in [-0.3, -0.25) is 9.69 Å². The van der Waals surface area contributed by atoms with Crippen molar-refractivity contribution in [1.29, 1.82) is 0 Å². The van der Waals surface area contributed by atoms with Crippen LogP contribution >= 0.6 is 15.9 Å². The van der Waals surface area contributed by atoms with Crippen LogP contribution in [0.5, 0.6) is 5.75 Å². The lowest BCUT2D eigenvalue weighted by molar-refractivity contribution is -0.127. The van der Waals surface area contributed by atoms with E-state index in [2.05, 4.69) is 33.1 Å². The largest absolute Gasteiger partial charge is 0.480 e. The first-order valence-corrected chi connectivity index (χ1v) is 8.40. The standard InChI is InChI=1S/C16H22BrFN2O2/c1-11(20-7-3-4-8-20)10-19-16(21)12(2)22-15-6-5-13(18)9-14(15)17/h5-6,9,11-12H,3-4,7-8,10H2,1-2H3,(H,19,21)/t11-,12+/m0/s1. The summed E-state index contributed by atoms with van der Waals surface area (Å²) in [6, 6.07) is 4.46. The highest BCUT2D eigenvalue weighted by Gasteiger charge is 2.21. The molecule has 1 saturated heterocycles. The molecule has 0 radical (unpaired) electrons. The minimum absolute atomic E-state index is 0.165. The average Bonchev–Trinajstić information content (AvgIpc) is 3.01. The molecule has 6 heteroatoms. The predicted octanol–water partition coefficient (Wildman–Crippen LogP) is 2.96. The van der Waals surface area contributed by atoms with E-state index in [4.69, 9.17) is 4.74 Å². The molecule has 1 aromatic rings. The van der Waals surface area contributed by atoms with Gasteiger partial charge in [-0.25, -0.2) is 4.39 Å². The van der Waals surface area contributed by atoms with Crippen molar-refractivity contribution in [3.8, 4) is 5.75 Å². The maximum absolute atomic E-state index is 13.0. The molecule has 0 unspecified atom stereocenters. The molecule has 1 N–H and O–H groups in total. The molecule has 0 spiro atoms. The van der Waals surface area contributed by atoms with Gasteiger partial charge >= 0.3 is 0 Å². The highest BCUT2D eigenvalue weighted by molar-refractivity contribution is 9.10. The van der Waals surface area contributed by atoms with E-state index in [0.29, 0.717) is 22.8 Å². The van der Waals surface area contributed by atoms with Gasteiger partial charge in [0.15, 0.2) is 6.10 Å². The second-order valence-corrected chi connectivity index (χ2v) is 6.53. The second-order valence-electron chi connectivity index (χ2n) is 5.67. The molecule has 2 rings (SSSR count). The lowest BCUT2D eigenvalue weighted by Gasteiger charge is -2.24. The summed E-state index contributed by atoms with van der Waals surface area (Å²) in [6.07, 6.45) is 1.83. The van der Waals surface area contributed by atoms with Crippen LogP contribution in [0.15, 0.2) is 22.7 Å². The monoisotopic (exact) mass is 372 g/mol. The summed E-state index contributed by atoms with van der Waals surface area (Å²) in [5.74, 6) is -0.0605. The van der Waals surface area contributed by atoms with Crippen molar-refractivity contribution in [1.82, 2.24) is 10.2 Å². The Morgan fingerprint density at radius 1 is 1.41 bits per heavy atom. The lowest BCUT2D eigenvalue weighted by Crippen LogP contribution is -2.44. The number of halogens is 2. The number of likely N-dealkylation sites (tertiary alicyclic amines) is 1. The van der Waals surface area contributed by atoms with Gasteiger partial charge in [-0.1, -0.05) is 0 Å². The summed E-state index contributed by atoms with van der Waals surface area (Å²) in [6.45, 7) is 6.62. The van der Waals surface area contributed by atoms with E-state index in [9.17, 15) is 9.18 Å². The summed E-state index contributed by atoms with van der Waals surface area (Å²) in [5, 5.41) is 2.92. The molecular weight excluding hydrogens is 351 g/mol. The Balaban J connectivity index is 1.81. The molecule has 1 heterocycles. The molecular formula is C16H22BrFN2O2. The first-order chi connectivity index (χ1) is 10.5. The molecule has 0 bridgehead atoms. The number of amides is 1. The summed E-state index contributed by atoms with van der Waals surface area (Å²) in [5.41, 5.74) is 0. The average molecular weight is 373 g/mol. The zero-order chi connectivity index (χ0) is 16.1. The van der Waals surface area contributed by atoms with Gasteiger partial charge in [0, 0.05) is 12.6 Å². The van der Waals surface area contributed by atoms with Gasteiger partial charge in [-0.05, 0) is 73.9 Å². The van der Waals surface area contributed by atoms with Crippen LogP contribution in [0.1, 0.15) is 26.7 Å². The summed E-state index contributed by atoms with van der Waals surface area (Å²) in [7, 11) is 0. The normalized spacial score (nSPS) is 18.0. The van der Waals surface area contributed by atoms with Crippen molar-refractivity contribution >= 4 is 21.8 Å². The molecule has 0 saturated carbocycles. The van der Waals surface area contributed by atoms with Crippen LogP contribution in [0.4, 0.5) is 4.39 Å². The van der Waals surface area contributed by atoms with E-state index in [-0.39, 0.29) is 11.7 Å². The smallest absolute Gasteiger partial charge is 0.260 e. The van der Waals surface area contributed by atoms with E-state index >= 15 is 0 Å². The van der Waals surface area contributed by atoms with Crippen molar-refractivity contribution in [2.45, 2.75) is 38.8 Å². The Morgan fingerprint density at radius 3 is 2.73 bits per heavy atom. The van der Waals surface area contributed by atoms with Crippen LogP contribution in [0, 0.1) is 5.82 Å². The number of nitrogens with one attached hydrogen (secondary N) is 1. The Kier molecular flexibility index (Phi) is 6.20.